The minimum absolute atomic E-state index is 0.657. The fourth-order valence-electron chi connectivity index (χ4n) is 2.89. The van der Waals surface area contributed by atoms with Gasteiger partial charge >= 0.3 is 0 Å². The Bertz CT molecular complexity index is 496. The van der Waals surface area contributed by atoms with Crippen LogP contribution < -0.4 is 5.32 Å². The molecule has 1 fully saturated rings. The van der Waals surface area contributed by atoms with E-state index in [1.807, 2.05) is 6.20 Å². The first-order valence-electron chi connectivity index (χ1n) is 6.21. The Morgan fingerprint density at radius 3 is 3.24 bits per heavy atom. The van der Waals surface area contributed by atoms with Gasteiger partial charge in [-0.25, -0.2) is 0 Å². The largest absolute Gasteiger partial charge is 0.313 e. The molecule has 1 aromatic rings. The minimum Gasteiger partial charge on any atom is -0.313 e. The highest BCUT2D eigenvalue weighted by Crippen LogP contribution is 2.34. The molecule has 2 aliphatic rings. The molecule has 2 heterocycles. The quantitative estimate of drug-likeness (QED) is 0.740. The van der Waals surface area contributed by atoms with Crippen LogP contribution in [0.5, 0.6) is 0 Å². The maximum Gasteiger partial charge on any atom is 0.0432 e. The maximum atomic E-state index is 5.41. The zero-order valence-corrected chi connectivity index (χ0v) is 9.82. The standard InChI is InChI=1S/C15H16N2/c1-2-11-7-14(10-16-9-11)13-4-3-12-5-6-17-15(12)8-13/h1,4,7,9-10,12,15,17H,3,5-6,8H2. The number of allylic oxidation sites excluding steroid dienone is 1. The molecule has 0 radical (unpaired) electrons. The Kier molecular flexibility index (Phi) is 2.70. The second kappa shape index (κ2) is 4.35. The zero-order valence-electron chi connectivity index (χ0n) is 9.82. The lowest BCUT2D eigenvalue weighted by molar-refractivity contribution is 0.445. The normalized spacial score (nSPS) is 27.1. The molecule has 2 heteroatoms. The minimum atomic E-state index is 0.657. The van der Waals surface area contributed by atoms with Crippen molar-refractivity contribution in [2.75, 3.05) is 6.54 Å². The van der Waals surface area contributed by atoms with E-state index in [4.69, 9.17) is 6.42 Å². The summed E-state index contributed by atoms with van der Waals surface area (Å²) in [5, 5.41) is 3.59. The summed E-state index contributed by atoms with van der Waals surface area (Å²) in [6, 6.07) is 2.72. The van der Waals surface area contributed by atoms with Crippen molar-refractivity contribution in [2.24, 2.45) is 5.92 Å². The molecule has 1 aliphatic carbocycles. The first-order chi connectivity index (χ1) is 8.36. The van der Waals surface area contributed by atoms with Crippen LogP contribution in [0.2, 0.25) is 0 Å². The van der Waals surface area contributed by atoms with Crippen molar-refractivity contribution in [1.29, 1.82) is 0 Å². The third kappa shape index (κ3) is 1.99. The number of terminal acetylenes is 1. The lowest BCUT2D eigenvalue weighted by Gasteiger charge is -2.25. The highest BCUT2D eigenvalue weighted by molar-refractivity contribution is 5.67. The summed E-state index contributed by atoms with van der Waals surface area (Å²) >= 11 is 0. The van der Waals surface area contributed by atoms with Crippen molar-refractivity contribution in [3.8, 4) is 12.3 Å². The van der Waals surface area contributed by atoms with Crippen LogP contribution in [0.3, 0.4) is 0 Å². The monoisotopic (exact) mass is 224 g/mol. The second-order valence-electron chi connectivity index (χ2n) is 4.89. The van der Waals surface area contributed by atoms with Crippen LogP contribution in [-0.2, 0) is 0 Å². The van der Waals surface area contributed by atoms with Crippen LogP contribution in [0.1, 0.15) is 30.4 Å². The summed E-state index contributed by atoms with van der Waals surface area (Å²) in [6.45, 7) is 1.17. The maximum absolute atomic E-state index is 5.41. The predicted octanol–water partition coefficient (Wildman–Crippen LogP) is 2.22. The molecule has 3 rings (SSSR count). The Morgan fingerprint density at radius 1 is 1.41 bits per heavy atom. The molecule has 1 saturated heterocycles. The van der Waals surface area contributed by atoms with Gasteiger partial charge in [0.05, 0.1) is 0 Å². The van der Waals surface area contributed by atoms with E-state index in [1.165, 1.54) is 30.5 Å². The smallest absolute Gasteiger partial charge is 0.0432 e. The van der Waals surface area contributed by atoms with Gasteiger partial charge in [0.2, 0.25) is 0 Å². The number of nitrogens with one attached hydrogen (secondary N) is 1. The first-order valence-corrected chi connectivity index (χ1v) is 6.21. The summed E-state index contributed by atoms with van der Waals surface area (Å²) < 4.78 is 0. The van der Waals surface area contributed by atoms with E-state index >= 15 is 0 Å². The summed E-state index contributed by atoms with van der Waals surface area (Å²) in [5.41, 5.74) is 3.45. The zero-order chi connectivity index (χ0) is 11.7. The molecule has 2 nitrogen and oxygen atoms in total. The van der Waals surface area contributed by atoms with E-state index in [-0.39, 0.29) is 0 Å². The Labute approximate surface area is 102 Å². The molecule has 0 spiro atoms. The topological polar surface area (TPSA) is 24.9 Å². The van der Waals surface area contributed by atoms with Gasteiger partial charge in [0.1, 0.15) is 0 Å². The highest BCUT2D eigenvalue weighted by atomic mass is 15.0. The number of rotatable bonds is 1. The predicted molar refractivity (Wildman–Crippen MR) is 69.3 cm³/mol. The van der Waals surface area contributed by atoms with Crippen molar-refractivity contribution in [3.63, 3.8) is 0 Å². The van der Waals surface area contributed by atoms with Gasteiger partial charge in [-0.15, -0.1) is 6.42 Å². The van der Waals surface area contributed by atoms with Gasteiger partial charge in [0.15, 0.2) is 0 Å². The van der Waals surface area contributed by atoms with Gasteiger partial charge in [0.25, 0.3) is 0 Å². The third-order valence-corrected chi connectivity index (χ3v) is 3.87. The van der Waals surface area contributed by atoms with E-state index in [0.29, 0.717) is 6.04 Å². The summed E-state index contributed by atoms with van der Waals surface area (Å²) in [5.74, 6) is 3.48. The van der Waals surface area contributed by atoms with Crippen molar-refractivity contribution in [2.45, 2.75) is 25.3 Å². The average molecular weight is 224 g/mol. The van der Waals surface area contributed by atoms with Gasteiger partial charge in [-0.3, -0.25) is 4.98 Å². The molecule has 1 aromatic heterocycles. The molecule has 0 bridgehead atoms. The van der Waals surface area contributed by atoms with Gasteiger partial charge in [-0.05, 0) is 48.9 Å². The van der Waals surface area contributed by atoms with E-state index in [0.717, 1.165) is 17.9 Å². The number of pyridine rings is 1. The molecule has 17 heavy (non-hydrogen) atoms. The van der Waals surface area contributed by atoms with Gasteiger partial charge in [-0.1, -0.05) is 12.0 Å². The van der Waals surface area contributed by atoms with E-state index in [2.05, 4.69) is 28.4 Å². The lowest BCUT2D eigenvalue weighted by Crippen LogP contribution is -2.29. The number of fused-ring (bicyclic) bond motifs is 1. The molecule has 0 saturated carbocycles. The fourth-order valence-corrected chi connectivity index (χ4v) is 2.89. The molecule has 0 amide bonds. The lowest BCUT2D eigenvalue weighted by atomic mass is 9.83. The van der Waals surface area contributed by atoms with Gasteiger partial charge in [-0.2, -0.15) is 0 Å². The van der Waals surface area contributed by atoms with Crippen LogP contribution in [0.15, 0.2) is 24.5 Å². The van der Waals surface area contributed by atoms with Crippen LogP contribution in [0.25, 0.3) is 5.57 Å². The Morgan fingerprint density at radius 2 is 2.35 bits per heavy atom. The molecule has 86 valence electrons. The van der Waals surface area contributed by atoms with Crippen LogP contribution in [-0.4, -0.2) is 17.6 Å². The number of hydrogen-bond donors (Lipinski definition) is 1. The Hall–Kier alpha value is -1.59. The van der Waals surface area contributed by atoms with E-state index < -0.39 is 0 Å². The first kappa shape index (κ1) is 10.6. The number of hydrogen-bond acceptors (Lipinski definition) is 2. The summed E-state index contributed by atoms with van der Waals surface area (Å²) in [6.07, 6.45) is 15.1. The number of aromatic nitrogens is 1. The highest BCUT2D eigenvalue weighted by Gasteiger charge is 2.29. The van der Waals surface area contributed by atoms with Crippen molar-refractivity contribution < 1.29 is 0 Å². The molecule has 0 aromatic carbocycles. The van der Waals surface area contributed by atoms with Gasteiger partial charge < -0.3 is 5.32 Å². The molecular formula is C15H16N2. The van der Waals surface area contributed by atoms with Crippen LogP contribution in [0, 0.1) is 18.3 Å². The van der Waals surface area contributed by atoms with E-state index in [1.54, 1.807) is 6.20 Å². The van der Waals surface area contributed by atoms with Crippen molar-refractivity contribution >= 4 is 5.57 Å². The molecule has 2 atom stereocenters. The second-order valence-corrected chi connectivity index (χ2v) is 4.89. The molecule has 1 aliphatic heterocycles. The molecule has 1 N–H and O–H groups in total. The van der Waals surface area contributed by atoms with Crippen LogP contribution in [0.4, 0.5) is 0 Å². The van der Waals surface area contributed by atoms with Crippen molar-refractivity contribution in [3.05, 3.63) is 35.7 Å². The number of nitrogens with zero attached hydrogens (tertiary/aromatic N) is 1. The molecular weight excluding hydrogens is 208 g/mol. The molecule has 2 unspecified atom stereocenters. The third-order valence-electron chi connectivity index (χ3n) is 3.87. The van der Waals surface area contributed by atoms with E-state index in [9.17, 15) is 0 Å². The average Bonchev–Trinajstić information content (AvgIpc) is 2.86. The van der Waals surface area contributed by atoms with Gasteiger partial charge in [0, 0.05) is 24.0 Å². The fraction of sp³-hybridized carbons (Fsp3) is 0.400. The SMILES string of the molecule is C#Cc1cncc(C2=CCC3CCNC3C2)c1. The Balaban J connectivity index is 1.87. The van der Waals surface area contributed by atoms with Crippen LogP contribution >= 0.6 is 0 Å². The van der Waals surface area contributed by atoms with Crippen molar-refractivity contribution in [1.82, 2.24) is 10.3 Å². The summed E-state index contributed by atoms with van der Waals surface area (Å²) in [7, 11) is 0. The summed E-state index contributed by atoms with van der Waals surface area (Å²) in [4.78, 5) is 4.21.